The maximum absolute atomic E-state index is 12.0. The lowest BCUT2D eigenvalue weighted by Gasteiger charge is -2.19. The van der Waals surface area contributed by atoms with E-state index >= 15 is 0 Å². The first-order valence-electron chi connectivity index (χ1n) is 16.1. The first kappa shape index (κ1) is 35.4. The Kier molecular flexibility index (Phi) is 30.1. The molecule has 0 heterocycles. The molecule has 0 N–H and O–H groups in total. The highest BCUT2D eigenvalue weighted by molar-refractivity contribution is 5.69. The van der Waals surface area contributed by atoms with E-state index < -0.39 is 0 Å². The third-order valence-corrected chi connectivity index (χ3v) is 6.93. The topological polar surface area (TPSA) is 44.8 Å². The van der Waals surface area contributed by atoms with E-state index in [2.05, 4.69) is 20.8 Å². The molecule has 0 radical (unpaired) electrons. The monoisotopic (exact) mass is 512 g/mol. The summed E-state index contributed by atoms with van der Waals surface area (Å²) in [7, 11) is 0. The van der Waals surface area contributed by atoms with E-state index in [9.17, 15) is 4.79 Å². The van der Waals surface area contributed by atoms with Gasteiger partial charge in [0.1, 0.15) is 0 Å². The molecule has 0 aromatic heterocycles. The van der Waals surface area contributed by atoms with Crippen molar-refractivity contribution in [2.45, 2.75) is 181 Å². The fraction of sp³-hybridized carbons (Fsp3) is 0.969. The molecule has 36 heavy (non-hydrogen) atoms. The second-order valence-electron chi connectivity index (χ2n) is 10.6. The van der Waals surface area contributed by atoms with Crippen LogP contribution in [0.3, 0.4) is 0 Å². The van der Waals surface area contributed by atoms with Gasteiger partial charge in [0, 0.05) is 19.6 Å². The summed E-state index contributed by atoms with van der Waals surface area (Å²) in [5, 5.41) is 0. The molecule has 0 aromatic carbocycles. The second-order valence-corrected chi connectivity index (χ2v) is 10.6. The van der Waals surface area contributed by atoms with Crippen LogP contribution in [0, 0.1) is 0 Å². The minimum atomic E-state index is -0.121. The summed E-state index contributed by atoms with van der Waals surface area (Å²) in [6, 6.07) is 0. The van der Waals surface area contributed by atoms with Gasteiger partial charge >= 0.3 is 5.97 Å². The first-order chi connectivity index (χ1) is 17.7. The van der Waals surface area contributed by atoms with Crippen molar-refractivity contribution >= 4 is 5.97 Å². The zero-order valence-corrected chi connectivity index (χ0v) is 24.8. The highest BCUT2D eigenvalue weighted by atomic mass is 16.7. The Morgan fingerprint density at radius 3 is 1.31 bits per heavy atom. The molecule has 0 aromatic rings. The van der Waals surface area contributed by atoms with Crippen molar-refractivity contribution in [1.82, 2.24) is 0 Å². The van der Waals surface area contributed by atoms with Crippen molar-refractivity contribution in [2.75, 3.05) is 19.8 Å². The molecule has 4 nitrogen and oxygen atoms in total. The zero-order valence-electron chi connectivity index (χ0n) is 24.8. The van der Waals surface area contributed by atoms with Crippen LogP contribution in [0.2, 0.25) is 0 Å². The molecule has 0 aliphatic heterocycles. The number of hydrogen-bond donors (Lipinski definition) is 0. The second kappa shape index (κ2) is 30.6. The molecular weight excluding hydrogens is 448 g/mol. The predicted octanol–water partition coefficient (Wildman–Crippen LogP) is 10.3. The average Bonchev–Trinajstić information content (AvgIpc) is 2.88. The van der Waals surface area contributed by atoms with Gasteiger partial charge in [-0.3, -0.25) is 4.79 Å². The number of esters is 1. The molecule has 0 rings (SSSR count). The van der Waals surface area contributed by atoms with Gasteiger partial charge in [0.2, 0.25) is 0 Å². The van der Waals surface area contributed by atoms with Crippen LogP contribution in [-0.2, 0) is 19.0 Å². The van der Waals surface area contributed by atoms with Gasteiger partial charge in [-0.1, -0.05) is 130 Å². The quantitative estimate of drug-likeness (QED) is 0.0545. The standard InChI is InChI=1S/C32H64O4/c1-4-7-10-13-16-17-20-23-28-34-31(33)26-21-22-27-32(35-29-24-18-14-11-8-5-2)36-30-25-19-15-12-9-6-3/h32H,4-30H2,1-3H3. The van der Waals surface area contributed by atoms with Crippen LogP contribution >= 0.6 is 0 Å². The Hall–Kier alpha value is -0.610. The van der Waals surface area contributed by atoms with Crippen molar-refractivity contribution in [3.8, 4) is 0 Å². The lowest BCUT2D eigenvalue weighted by Crippen LogP contribution is -2.19. The summed E-state index contributed by atoms with van der Waals surface area (Å²) >= 11 is 0. The zero-order chi connectivity index (χ0) is 26.4. The Morgan fingerprint density at radius 1 is 0.472 bits per heavy atom. The lowest BCUT2D eigenvalue weighted by atomic mass is 10.1. The van der Waals surface area contributed by atoms with Crippen molar-refractivity contribution in [3.05, 3.63) is 0 Å². The van der Waals surface area contributed by atoms with E-state index in [-0.39, 0.29) is 12.3 Å². The van der Waals surface area contributed by atoms with Crippen molar-refractivity contribution in [1.29, 1.82) is 0 Å². The molecule has 0 bridgehead atoms. The summed E-state index contributed by atoms with van der Waals surface area (Å²) in [4.78, 5) is 12.0. The van der Waals surface area contributed by atoms with Crippen LogP contribution in [0.25, 0.3) is 0 Å². The molecular formula is C32H64O4. The molecule has 0 spiro atoms. The Labute approximate surface area is 226 Å². The van der Waals surface area contributed by atoms with E-state index in [1.807, 2.05) is 0 Å². The van der Waals surface area contributed by atoms with Crippen LogP contribution in [0.15, 0.2) is 0 Å². The average molecular weight is 513 g/mol. The maximum Gasteiger partial charge on any atom is 0.305 e. The smallest absolute Gasteiger partial charge is 0.305 e. The molecule has 0 amide bonds. The number of ether oxygens (including phenoxy) is 3. The van der Waals surface area contributed by atoms with E-state index in [0.29, 0.717) is 13.0 Å². The van der Waals surface area contributed by atoms with E-state index in [0.717, 1.165) is 51.7 Å². The van der Waals surface area contributed by atoms with Crippen molar-refractivity contribution in [2.24, 2.45) is 0 Å². The largest absolute Gasteiger partial charge is 0.466 e. The number of hydrogen-bond acceptors (Lipinski definition) is 4. The van der Waals surface area contributed by atoms with Gasteiger partial charge in [0.25, 0.3) is 0 Å². The van der Waals surface area contributed by atoms with Crippen LogP contribution in [0.5, 0.6) is 0 Å². The first-order valence-corrected chi connectivity index (χ1v) is 16.1. The molecule has 0 aliphatic carbocycles. The molecule has 0 saturated heterocycles. The van der Waals surface area contributed by atoms with Gasteiger partial charge in [-0.25, -0.2) is 0 Å². The molecule has 4 heteroatoms. The fourth-order valence-corrected chi connectivity index (χ4v) is 4.48. The number of carbonyl (C=O) groups excluding carboxylic acids is 1. The van der Waals surface area contributed by atoms with Crippen molar-refractivity contribution in [3.63, 3.8) is 0 Å². The molecule has 0 unspecified atom stereocenters. The fourth-order valence-electron chi connectivity index (χ4n) is 4.48. The molecule has 0 saturated carbocycles. The SMILES string of the molecule is CCCCCCCCCCOC(=O)CCCCC(OCCCCCCCC)OCCCCCCCC. The minimum Gasteiger partial charge on any atom is -0.466 e. The van der Waals surface area contributed by atoms with Gasteiger partial charge in [-0.15, -0.1) is 0 Å². The van der Waals surface area contributed by atoms with Crippen LogP contribution in [-0.4, -0.2) is 32.1 Å². The summed E-state index contributed by atoms with van der Waals surface area (Å²) in [5.41, 5.74) is 0. The van der Waals surface area contributed by atoms with Gasteiger partial charge in [0.05, 0.1) is 6.61 Å². The third-order valence-electron chi connectivity index (χ3n) is 6.93. The normalized spacial score (nSPS) is 11.4. The van der Waals surface area contributed by atoms with Gasteiger partial charge < -0.3 is 14.2 Å². The molecule has 216 valence electrons. The van der Waals surface area contributed by atoms with Crippen LogP contribution in [0.1, 0.15) is 175 Å². The summed E-state index contributed by atoms with van der Waals surface area (Å²) < 4.78 is 17.6. The van der Waals surface area contributed by atoms with Gasteiger partial charge in [-0.2, -0.15) is 0 Å². The highest BCUT2D eigenvalue weighted by Crippen LogP contribution is 2.14. The summed E-state index contributed by atoms with van der Waals surface area (Å²) in [6.45, 7) is 8.92. The van der Waals surface area contributed by atoms with Gasteiger partial charge in [-0.05, 0) is 38.5 Å². The number of rotatable bonds is 30. The molecule has 0 fully saturated rings. The van der Waals surface area contributed by atoms with Crippen LogP contribution < -0.4 is 0 Å². The molecule has 0 atom stereocenters. The summed E-state index contributed by atoms with van der Waals surface area (Å²) in [5.74, 6) is -0.0458. The number of unbranched alkanes of at least 4 members (excludes halogenated alkanes) is 18. The third kappa shape index (κ3) is 28.0. The van der Waals surface area contributed by atoms with Crippen molar-refractivity contribution < 1.29 is 19.0 Å². The number of carbonyl (C=O) groups is 1. The lowest BCUT2D eigenvalue weighted by molar-refractivity contribution is -0.149. The maximum atomic E-state index is 12.0. The Morgan fingerprint density at radius 2 is 0.861 bits per heavy atom. The van der Waals surface area contributed by atoms with E-state index in [1.165, 1.54) is 109 Å². The van der Waals surface area contributed by atoms with Gasteiger partial charge in [0.15, 0.2) is 6.29 Å². The minimum absolute atomic E-state index is 0.0458. The Balaban J connectivity index is 3.89. The van der Waals surface area contributed by atoms with E-state index in [4.69, 9.17) is 14.2 Å². The predicted molar refractivity (Wildman–Crippen MR) is 154 cm³/mol. The molecule has 0 aliphatic rings. The summed E-state index contributed by atoms with van der Waals surface area (Å²) in [6.07, 6.45) is 28.5. The Bertz CT molecular complexity index is 408. The van der Waals surface area contributed by atoms with Crippen LogP contribution in [0.4, 0.5) is 0 Å². The van der Waals surface area contributed by atoms with E-state index in [1.54, 1.807) is 0 Å². The highest BCUT2D eigenvalue weighted by Gasteiger charge is 2.11.